The first-order valence-corrected chi connectivity index (χ1v) is 10.2. The molecule has 0 radical (unpaired) electrons. The monoisotopic (exact) mass is 452 g/mol. The summed E-state index contributed by atoms with van der Waals surface area (Å²) in [5.74, 6) is -0.408. The van der Waals surface area contributed by atoms with E-state index >= 15 is 0 Å². The molecule has 4 aromatic heterocycles. The third-order valence-corrected chi connectivity index (χ3v) is 5.22. The number of nitrogens with two attached hydrogens (primary N) is 1. The molecule has 0 aliphatic heterocycles. The molecule has 5 aromatic rings. The first-order chi connectivity index (χ1) is 16.5. The summed E-state index contributed by atoms with van der Waals surface area (Å²) in [6.07, 6.45) is 4.88. The van der Waals surface area contributed by atoms with E-state index in [1.807, 2.05) is 19.1 Å². The zero-order valence-electron chi connectivity index (χ0n) is 18.0. The second-order valence-corrected chi connectivity index (χ2v) is 7.43. The Morgan fingerprint density at radius 2 is 2.03 bits per heavy atom. The molecule has 2 N–H and O–H groups in total. The Bertz CT molecular complexity index is 1570. The van der Waals surface area contributed by atoms with E-state index in [2.05, 4.69) is 31.1 Å². The summed E-state index contributed by atoms with van der Waals surface area (Å²) in [6.45, 7) is 1.76. The highest BCUT2D eigenvalue weighted by Gasteiger charge is 2.22. The van der Waals surface area contributed by atoms with Gasteiger partial charge in [0.2, 0.25) is 5.95 Å². The van der Waals surface area contributed by atoms with Gasteiger partial charge in [0.1, 0.15) is 18.1 Å². The SMILES string of the molecule is Cc1cnccc1-c1c(-c2cccc(C#N)c2)nc(N)n2nc(OCc3ncccc3F)nc12. The molecule has 0 spiro atoms. The zero-order valence-corrected chi connectivity index (χ0v) is 18.0. The normalized spacial score (nSPS) is 10.9. The van der Waals surface area contributed by atoms with Crippen LogP contribution < -0.4 is 10.5 Å². The predicted octanol–water partition coefficient (Wildman–Crippen LogP) is 3.73. The second-order valence-electron chi connectivity index (χ2n) is 7.43. The van der Waals surface area contributed by atoms with Gasteiger partial charge >= 0.3 is 6.01 Å². The van der Waals surface area contributed by atoms with Gasteiger partial charge in [-0.2, -0.15) is 14.8 Å². The summed E-state index contributed by atoms with van der Waals surface area (Å²) in [5.41, 5.74) is 10.8. The molecule has 0 bridgehead atoms. The molecule has 166 valence electrons. The van der Waals surface area contributed by atoms with E-state index in [1.54, 1.807) is 30.6 Å². The maximum atomic E-state index is 13.9. The average Bonchev–Trinajstić information content (AvgIpc) is 3.29. The van der Waals surface area contributed by atoms with Crippen molar-refractivity contribution in [1.29, 1.82) is 5.26 Å². The van der Waals surface area contributed by atoms with Crippen LogP contribution in [-0.4, -0.2) is 29.5 Å². The summed E-state index contributed by atoms with van der Waals surface area (Å²) in [7, 11) is 0. The van der Waals surface area contributed by atoms with E-state index in [-0.39, 0.29) is 24.3 Å². The first kappa shape index (κ1) is 21.0. The fourth-order valence-corrected chi connectivity index (χ4v) is 3.60. The van der Waals surface area contributed by atoms with Gasteiger partial charge in [-0.3, -0.25) is 9.97 Å². The molecular weight excluding hydrogens is 435 g/mol. The van der Waals surface area contributed by atoms with Gasteiger partial charge in [0.05, 0.1) is 22.9 Å². The Morgan fingerprint density at radius 1 is 1.15 bits per heavy atom. The number of nitriles is 1. The van der Waals surface area contributed by atoms with E-state index in [9.17, 15) is 9.65 Å². The highest BCUT2D eigenvalue weighted by Crippen LogP contribution is 2.36. The zero-order chi connectivity index (χ0) is 23.7. The van der Waals surface area contributed by atoms with Crippen molar-refractivity contribution in [2.24, 2.45) is 0 Å². The number of ether oxygens (including phenoxy) is 1. The molecule has 0 unspecified atom stereocenters. The summed E-state index contributed by atoms with van der Waals surface area (Å²) < 4.78 is 20.9. The Hall–Kier alpha value is -4.91. The number of rotatable bonds is 5. The molecule has 1 aromatic carbocycles. The summed E-state index contributed by atoms with van der Waals surface area (Å²) in [5, 5.41) is 13.7. The van der Waals surface area contributed by atoms with E-state index in [0.717, 1.165) is 11.1 Å². The number of hydrogen-bond acceptors (Lipinski definition) is 8. The number of nitrogen functional groups attached to an aromatic ring is 1. The molecule has 9 nitrogen and oxygen atoms in total. The Balaban J connectivity index is 1.69. The lowest BCUT2D eigenvalue weighted by atomic mass is 9.97. The van der Waals surface area contributed by atoms with Gasteiger partial charge in [-0.25, -0.2) is 9.37 Å². The van der Waals surface area contributed by atoms with Crippen molar-refractivity contribution >= 4 is 11.6 Å². The Kier molecular flexibility index (Phi) is 5.27. The number of anilines is 1. The van der Waals surface area contributed by atoms with Gasteiger partial charge in [0, 0.05) is 24.2 Å². The minimum atomic E-state index is -0.486. The molecule has 0 atom stereocenters. The van der Waals surface area contributed by atoms with Crippen molar-refractivity contribution in [3.05, 3.63) is 83.7 Å². The van der Waals surface area contributed by atoms with Crippen LogP contribution in [0.4, 0.5) is 10.3 Å². The van der Waals surface area contributed by atoms with Gasteiger partial charge in [-0.1, -0.05) is 12.1 Å². The van der Waals surface area contributed by atoms with Crippen molar-refractivity contribution in [1.82, 2.24) is 29.5 Å². The van der Waals surface area contributed by atoms with Crippen molar-refractivity contribution in [2.75, 3.05) is 5.73 Å². The molecular formula is C24H17FN8O. The molecule has 0 aliphatic rings. The van der Waals surface area contributed by atoms with Crippen LogP contribution in [0, 0.1) is 24.1 Å². The molecule has 4 heterocycles. The van der Waals surface area contributed by atoms with Gasteiger partial charge < -0.3 is 10.5 Å². The van der Waals surface area contributed by atoms with Gasteiger partial charge in [-0.05, 0) is 48.4 Å². The van der Waals surface area contributed by atoms with Crippen molar-refractivity contribution in [2.45, 2.75) is 13.5 Å². The van der Waals surface area contributed by atoms with Gasteiger partial charge in [0.15, 0.2) is 5.65 Å². The van der Waals surface area contributed by atoms with Crippen LogP contribution in [0.25, 0.3) is 28.0 Å². The molecule has 5 rings (SSSR count). The van der Waals surface area contributed by atoms with Crippen LogP contribution in [0.2, 0.25) is 0 Å². The number of hydrogen-bond donors (Lipinski definition) is 1. The lowest BCUT2D eigenvalue weighted by molar-refractivity contribution is 0.271. The van der Waals surface area contributed by atoms with E-state index in [4.69, 9.17) is 10.5 Å². The van der Waals surface area contributed by atoms with E-state index < -0.39 is 5.82 Å². The maximum absolute atomic E-state index is 13.9. The lowest BCUT2D eigenvalue weighted by Gasteiger charge is -2.13. The Morgan fingerprint density at radius 3 is 2.82 bits per heavy atom. The molecule has 34 heavy (non-hydrogen) atoms. The smallest absolute Gasteiger partial charge is 0.336 e. The van der Waals surface area contributed by atoms with Crippen molar-refractivity contribution < 1.29 is 9.13 Å². The number of pyridine rings is 2. The third kappa shape index (κ3) is 3.75. The predicted molar refractivity (Wildman–Crippen MR) is 122 cm³/mol. The quantitative estimate of drug-likeness (QED) is 0.427. The number of nitrogens with zero attached hydrogens (tertiary/aromatic N) is 7. The van der Waals surface area contributed by atoms with Crippen molar-refractivity contribution in [3.8, 4) is 34.5 Å². The minimum absolute atomic E-state index is 0.00515. The Labute approximate surface area is 193 Å². The summed E-state index contributed by atoms with van der Waals surface area (Å²) >= 11 is 0. The van der Waals surface area contributed by atoms with Crippen molar-refractivity contribution in [3.63, 3.8) is 0 Å². The fourth-order valence-electron chi connectivity index (χ4n) is 3.60. The molecule has 0 fully saturated rings. The fraction of sp³-hybridized carbons (Fsp3) is 0.0833. The van der Waals surface area contributed by atoms with Crippen LogP contribution in [0.3, 0.4) is 0 Å². The standard InChI is InChI=1S/C24H17FN8O/c1-14-12-28-9-7-17(14)20-21(16-5-2-4-15(10-16)11-26)30-23(27)33-22(20)31-24(32-33)34-13-19-18(25)6-3-8-29-19/h2-10,12H,13H2,1H3,(H2,27,30). The summed E-state index contributed by atoms with van der Waals surface area (Å²) in [4.78, 5) is 17.3. The highest BCUT2D eigenvalue weighted by atomic mass is 19.1. The number of halogens is 1. The lowest BCUT2D eigenvalue weighted by Crippen LogP contribution is -2.06. The number of aromatic nitrogens is 6. The van der Waals surface area contributed by atoms with E-state index in [1.165, 1.54) is 22.8 Å². The van der Waals surface area contributed by atoms with Crippen LogP contribution in [-0.2, 0) is 6.61 Å². The molecule has 0 saturated heterocycles. The largest absolute Gasteiger partial charge is 0.456 e. The number of aryl methyl sites for hydroxylation is 1. The van der Waals surface area contributed by atoms with E-state index in [0.29, 0.717) is 28.0 Å². The maximum Gasteiger partial charge on any atom is 0.336 e. The minimum Gasteiger partial charge on any atom is -0.456 e. The molecule has 0 aliphatic carbocycles. The van der Waals surface area contributed by atoms with Crippen LogP contribution in [0.5, 0.6) is 6.01 Å². The second kappa shape index (κ2) is 8.55. The van der Waals surface area contributed by atoms with Crippen LogP contribution in [0.15, 0.2) is 61.1 Å². The van der Waals surface area contributed by atoms with Gasteiger partial charge in [0.25, 0.3) is 0 Å². The van der Waals surface area contributed by atoms with Gasteiger partial charge in [-0.15, -0.1) is 5.10 Å². The molecule has 10 heteroatoms. The first-order valence-electron chi connectivity index (χ1n) is 10.2. The average molecular weight is 452 g/mol. The third-order valence-electron chi connectivity index (χ3n) is 5.22. The topological polar surface area (TPSA) is 128 Å². The number of fused-ring (bicyclic) bond motifs is 1. The van der Waals surface area contributed by atoms with Crippen LogP contribution >= 0.6 is 0 Å². The summed E-state index contributed by atoms with van der Waals surface area (Å²) in [6, 6.07) is 13.8. The molecule has 0 amide bonds. The van der Waals surface area contributed by atoms with Crippen LogP contribution in [0.1, 0.15) is 16.8 Å². The number of benzene rings is 1. The molecule has 0 saturated carbocycles. The highest BCUT2D eigenvalue weighted by molar-refractivity contribution is 5.92.